The molecule has 2 aromatic carbocycles. The van der Waals surface area contributed by atoms with E-state index in [1.54, 1.807) is 0 Å². The number of halogens is 5. The molecule has 0 atom stereocenters. The molecule has 3 rings (SSSR count). The maximum Gasteiger partial charge on any atom is 0.434 e. The van der Waals surface area contributed by atoms with E-state index in [9.17, 15) is 18.0 Å². The molecule has 0 fully saturated rings. The van der Waals surface area contributed by atoms with E-state index in [0.29, 0.717) is 15.5 Å². The van der Waals surface area contributed by atoms with Gasteiger partial charge in [-0.15, -0.1) is 0 Å². The Labute approximate surface area is 167 Å². The first-order valence-electron chi connectivity index (χ1n) is 7.76. The van der Waals surface area contributed by atoms with Crippen molar-refractivity contribution >= 4 is 34.8 Å². The first kappa shape index (κ1) is 20.0. The van der Waals surface area contributed by atoms with E-state index in [1.807, 2.05) is 0 Å². The Hall–Kier alpha value is -2.71. The van der Waals surface area contributed by atoms with Crippen molar-refractivity contribution in [3.05, 3.63) is 70.0 Å². The molecule has 0 bridgehead atoms. The third kappa shape index (κ3) is 4.07. The fraction of sp³-hybridized carbons (Fsp3) is 0.111. The number of nitrogens with zero attached hydrogens (tertiary/aromatic N) is 2. The minimum Gasteiger partial charge on any atom is -0.495 e. The van der Waals surface area contributed by atoms with Gasteiger partial charge < -0.3 is 10.1 Å². The summed E-state index contributed by atoms with van der Waals surface area (Å²) in [6.45, 7) is 0. The highest BCUT2D eigenvalue weighted by Crippen LogP contribution is 2.34. The number of ether oxygens (including phenoxy) is 1. The van der Waals surface area contributed by atoms with Crippen LogP contribution in [0.1, 0.15) is 16.1 Å². The zero-order valence-electron chi connectivity index (χ0n) is 14.2. The standard InChI is InChI=1S/C18H12Cl2F3N3O2/c1-28-15-7-4-11(8-14(15)20)25-17(27)13-9-24-26(16(13)18(21,22)23)12-5-2-10(19)3-6-12/h2-9H,1H3,(H,25,27). The molecular formula is C18H12Cl2F3N3O2. The Morgan fingerprint density at radius 3 is 2.39 bits per heavy atom. The molecular weight excluding hydrogens is 418 g/mol. The summed E-state index contributed by atoms with van der Waals surface area (Å²) in [5.74, 6) is -0.611. The number of hydrogen-bond acceptors (Lipinski definition) is 3. The normalized spacial score (nSPS) is 11.4. The van der Waals surface area contributed by atoms with E-state index in [4.69, 9.17) is 27.9 Å². The molecule has 5 nitrogen and oxygen atoms in total. The maximum atomic E-state index is 13.7. The number of rotatable bonds is 4. The molecule has 0 aliphatic heterocycles. The van der Waals surface area contributed by atoms with Gasteiger partial charge in [0.25, 0.3) is 5.91 Å². The average Bonchev–Trinajstić information content (AvgIpc) is 3.08. The Balaban J connectivity index is 1.98. The van der Waals surface area contributed by atoms with E-state index in [0.717, 1.165) is 6.20 Å². The summed E-state index contributed by atoms with van der Waals surface area (Å²) >= 11 is 11.7. The van der Waals surface area contributed by atoms with Gasteiger partial charge in [-0.3, -0.25) is 4.79 Å². The summed E-state index contributed by atoms with van der Waals surface area (Å²) in [6.07, 6.45) is -3.96. The Bertz CT molecular complexity index is 1020. The summed E-state index contributed by atoms with van der Waals surface area (Å²) in [5.41, 5.74) is -1.51. The summed E-state index contributed by atoms with van der Waals surface area (Å²) in [5, 5.41) is 6.68. The molecule has 146 valence electrons. The number of carbonyl (C=O) groups excluding carboxylic acids is 1. The highest BCUT2D eigenvalue weighted by Gasteiger charge is 2.40. The van der Waals surface area contributed by atoms with Crippen LogP contribution in [0.5, 0.6) is 5.75 Å². The van der Waals surface area contributed by atoms with Crippen molar-refractivity contribution in [3.8, 4) is 11.4 Å². The molecule has 1 amide bonds. The van der Waals surface area contributed by atoms with Gasteiger partial charge in [-0.1, -0.05) is 23.2 Å². The predicted octanol–water partition coefficient (Wildman–Crippen LogP) is 5.46. The van der Waals surface area contributed by atoms with Crippen molar-refractivity contribution in [2.24, 2.45) is 0 Å². The lowest BCUT2D eigenvalue weighted by Crippen LogP contribution is -2.20. The van der Waals surface area contributed by atoms with Crippen LogP contribution in [-0.4, -0.2) is 22.8 Å². The van der Waals surface area contributed by atoms with E-state index < -0.39 is 23.3 Å². The van der Waals surface area contributed by atoms with E-state index in [1.165, 1.54) is 49.6 Å². The minimum atomic E-state index is -4.82. The number of nitrogens with one attached hydrogen (secondary N) is 1. The Kier molecular flexibility index (Phi) is 5.53. The monoisotopic (exact) mass is 429 g/mol. The smallest absolute Gasteiger partial charge is 0.434 e. The van der Waals surface area contributed by atoms with E-state index >= 15 is 0 Å². The molecule has 10 heteroatoms. The van der Waals surface area contributed by atoms with Crippen LogP contribution in [0.2, 0.25) is 10.0 Å². The number of benzene rings is 2. The van der Waals surface area contributed by atoms with Crippen molar-refractivity contribution in [2.45, 2.75) is 6.18 Å². The van der Waals surface area contributed by atoms with Gasteiger partial charge in [-0.05, 0) is 42.5 Å². The number of methoxy groups -OCH3 is 1. The van der Waals surface area contributed by atoms with Crippen LogP contribution in [-0.2, 0) is 6.18 Å². The number of amides is 1. The molecule has 0 unspecified atom stereocenters. The lowest BCUT2D eigenvalue weighted by molar-refractivity contribution is -0.143. The topological polar surface area (TPSA) is 56.1 Å². The second-order valence-electron chi connectivity index (χ2n) is 5.60. The van der Waals surface area contributed by atoms with Crippen molar-refractivity contribution in [3.63, 3.8) is 0 Å². The average molecular weight is 430 g/mol. The van der Waals surface area contributed by atoms with Crippen LogP contribution in [0.4, 0.5) is 18.9 Å². The number of anilines is 1. The Morgan fingerprint density at radius 2 is 1.82 bits per heavy atom. The second kappa shape index (κ2) is 7.73. The summed E-state index contributed by atoms with van der Waals surface area (Å²) in [7, 11) is 1.42. The van der Waals surface area contributed by atoms with E-state index in [-0.39, 0.29) is 16.4 Å². The van der Waals surface area contributed by atoms with Crippen molar-refractivity contribution in [2.75, 3.05) is 12.4 Å². The van der Waals surface area contributed by atoms with Crippen LogP contribution < -0.4 is 10.1 Å². The first-order valence-corrected chi connectivity index (χ1v) is 8.52. The summed E-state index contributed by atoms with van der Waals surface area (Å²) < 4.78 is 46.6. The van der Waals surface area contributed by atoms with Gasteiger partial charge in [0.15, 0.2) is 5.69 Å². The Morgan fingerprint density at radius 1 is 1.14 bits per heavy atom. The molecule has 1 aromatic heterocycles. The second-order valence-corrected chi connectivity index (χ2v) is 6.44. The fourth-order valence-corrected chi connectivity index (χ4v) is 2.89. The zero-order chi connectivity index (χ0) is 20.5. The largest absolute Gasteiger partial charge is 0.495 e. The van der Waals surface area contributed by atoms with Gasteiger partial charge in [0.2, 0.25) is 0 Å². The highest BCUT2D eigenvalue weighted by molar-refractivity contribution is 6.32. The van der Waals surface area contributed by atoms with Gasteiger partial charge in [0.1, 0.15) is 5.75 Å². The number of hydrogen-bond donors (Lipinski definition) is 1. The van der Waals surface area contributed by atoms with Crippen molar-refractivity contribution in [1.82, 2.24) is 9.78 Å². The number of carbonyl (C=O) groups is 1. The molecule has 0 saturated carbocycles. The fourth-order valence-electron chi connectivity index (χ4n) is 2.51. The van der Waals surface area contributed by atoms with Gasteiger partial charge in [0, 0.05) is 10.7 Å². The zero-order valence-corrected chi connectivity index (χ0v) is 15.7. The quantitative estimate of drug-likeness (QED) is 0.598. The van der Waals surface area contributed by atoms with Crippen LogP contribution >= 0.6 is 23.2 Å². The van der Waals surface area contributed by atoms with Crippen LogP contribution in [0.25, 0.3) is 5.69 Å². The van der Waals surface area contributed by atoms with Gasteiger partial charge >= 0.3 is 6.18 Å². The molecule has 0 radical (unpaired) electrons. The molecule has 0 saturated heterocycles. The molecule has 28 heavy (non-hydrogen) atoms. The van der Waals surface area contributed by atoms with Crippen molar-refractivity contribution in [1.29, 1.82) is 0 Å². The highest BCUT2D eigenvalue weighted by atomic mass is 35.5. The van der Waals surface area contributed by atoms with Gasteiger partial charge in [0.05, 0.1) is 29.6 Å². The molecule has 3 aromatic rings. The van der Waals surface area contributed by atoms with Crippen LogP contribution in [0.3, 0.4) is 0 Å². The number of alkyl halides is 3. The van der Waals surface area contributed by atoms with Gasteiger partial charge in [-0.2, -0.15) is 18.3 Å². The maximum absolute atomic E-state index is 13.7. The molecule has 0 spiro atoms. The lowest BCUT2D eigenvalue weighted by Gasteiger charge is -2.13. The summed E-state index contributed by atoms with van der Waals surface area (Å²) in [6, 6.07) is 9.91. The van der Waals surface area contributed by atoms with Gasteiger partial charge in [-0.25, -0.2) is 4.68 Å². The minimum absolute atomic E-state index is 0.114. The lowest BCUT2D eigenvalue weighted by atomic mass is 10.2. The predicted molar refractivity (Wildman–Crippen MR) is 99.5 cm³/mol. The molecule has 0 aliphatic rings. The summed E-state index contributed by atoms with van der Waals surface area (Å²) in [4.78, 5) is 12.5. The first-order chi connectivity index (χ1) is 13.2. The number of aromatic nitrogens is 2. The SMILES string of the molecule is COc1ccc(NC(=O)c2cnn(-c3ccc(Cl)cc3)c2C(F)(F)F)cc1Cl. The molecule has 1 heterocycles. The van der Waals surface area contributed by atoms with Crippen molar-refractivity contribution < 1.29 is 22.7 Å². The van der Waals surface area contributed by atoms with Crippen LogP contribution in [0, 0.1) is 0 Å². The molecule has 1 N–H and O–H groups in total. The third-order valence-electron chi connectivity index (χ3n) is 3.76. The van der Waals surface area contributed by atoms with E-state index in [2.05, 4.69) is 10.4 Å². The van der Waals surface area contributed by atoms with Crippen LogP contribution in [0.15, 0.2) is 48.7 Å². The third-order valence-corrected chi connectivity index (χ3v) is 4.31. The molecule has 0 aliphatic carbocycles.